The third-order valence-corrected chi connectivity index (χ3v) is 3.55. The summed E-state index contributed by atoms with van der Waals surface area (Å²) < 4.78 is 19.9. The number of aromatic nitrogens is 1. The van der Waals surface area contributed by atoms with Crippen LogP contribution < -0.4 is 15.7 Å². The van der Waals surface area contributed by atoms with Gasteiger partial charge in [0.05, 0.1) is 11.8 Å². The number of nitrogens with zero attached hydrogens (tertiary/aromatic N) is 1. The van der Waals surface area contributed by atoms with Gasteiger partial charge in [0.1, 0.15) is 23.6 Å². The molecule has 0 bridgehead atoms. The highest BCUT2D eigenvalue weighted by molar-refractivity contribution is 5.80. The minimum atomic E-state index is -0.322. The molecular formula is C17H19FN3O+. The zero-order valence-electron chi connectivity index (χ0n) is 13.0. The molecule has 1 aromatic rings. The van der Waals surface area contributed by atoms with Crippen LogP contribution in [0.3, 0.4) is 0 Å². The smallest absolute Gasteiger partial charge is 0.205 e. The Bertz CT molecular complexity index is 870. The van der Waals surface area contributed by atoms with Crippen LogP contribution in [0.5, 0.6) is 0 Å². The summed E-state index contributed by atoms with van der Waals surface area (Å²) in [5.74, 6) is 0.362. The van der Waals surface area contributed by atoms with Crippen LogP contribution in [0.4, 0.5) is 10.1 Å². The van der Waals surface area contributed by atoms with E-state index in [0.717, 1.165) is 23.2 Å². The fraction of sp³-hybridized carbons (Fsp3) is 0.294. The summed E-state index contributed by atoms with van der Waals surface area (Å²) in [6, 6.07) is 6.96. The van der Waals surface area contributed by atoms with Crippen molar-refractivity contribution in [2.45, 2.75) is 20.8 Å². The molecule has 0 amide bonds. The summed E-state index contributed by atoms with van der Waals surface area (Å²) >= 11 is 0. The number of nitrogens with one attached hydrogen (secondary N) is 2. The maximum atomic E-state index is 14.0. The van der Waals surface area contributed by atoms with Crippen molar-refractivity contribution in [3.63, 3.8) is 0 Å². The van der Waals surface area contributed by atoms with E-state index in [-0.39, 0.29) is 5.82 Å². The van der Waals surface area contributed by atoms with Crippen molar-refractivity contribution in [1.82, 2.24) is 4.98 Å². The fourth-order valence-corrected chi connectivity index (χ4v) is 2.51. The highest BCUT2D eigenvalue weighted by Gasteiger charge is 2.14. The van der Waals surface area contributed by atoms with Crippen molar-refractivity contribution in [2.24, 2.45) is 0 Å². The highest BCUT2D eigenvalue weighted by Crippen LogP contribution is 2.27. The molecule has 0 saturated heterocycles. The van der Waals surface area contributed by atoms with E-state index in [1.807, 2.05) is 32.9 Å². The molecule has 0 radical (unpaired) electrons. The predicted octanol–water partition coefficient (Wildman–Crippen LogP) is 1.81. The molecule has 0 unspecified atom stereocenters. The number of aryl methyl sites for hydroxylation is 1. The number of halogens is 1. The molecule has 1 aromatic carbocycles. The average molecular weight is 300 g/mol. The second-order valence-corrected chi connectivity index (χ2v) is 5.21. The van der Waals surface area contributed by atoms with Gasteiger partial charge in [0.2, 0.25) is 5.36 Å². The fourth-order valence-electron chi connectivity index (χ4n) is 2.51. The van der Waals surface area contributed by atoms with E-state index in [1.54, 1.807) is 6.07 Å². The van der Waals surface area contributed by atoms with Gasteiger partial charge < -0.3 is 9.73 Å². The SMILES string of the molecule is CCNc1cc2oc3cc(=[NH+]CC)c(C)cc-3nc2cc1F. The Morgan fingerprint density at radius 3 is 2.77 bits per heavy atom. The lowest BCUT2D eigenvalue weighted by molar-refractivity contribution is -0.496. The predicted molar refractivity (Wildman–Crippen MR) is 84.1 cm³/mol. The Hall–Kier alpha value is -2.43. The average Bonchev–Trinajstić information content (AvgIpc) is 2.48. The third-order valence-electron chi connectivity index (χ3n) is 3.55. The van der Waals surface area contributed by atoms with Crippen LogP contribution >= 0.6 is 0 Å². The molecular weight excluding hydrogens is 281 g/mol. The molecule has 4 nitrogen and oxygen atoms in total. The zero-order chi connectivity index (χ0) is 15.7. The number of hydrogen-bond acceptors (Lipinski definition) is 3. The van der Waals surface area contributed by atoms with Crippen molar-refractivity contribution < 1.29 is 13.8 Å². The molecule has 0 spiro atoms. The largest absolute Gasteiger partial charge is 0.452 e. The van der Waals surface area contributed by atoms with E-state index in [2.05, 4.69) is 15.3 Å². The minimum absolute atomic E-state index is 0.322. The lowest BCUT2D eigenvalue weighted by Gasteiger charge is -2.09. The van der Waals surface area contributed by atoms with Gasteiger partial charge in [-0.05, 0) is 26.8 Å². The number of hydrogen-bond donors (Lipinski definition) is 2. The standard InChI is InChI=1S/C17H18FN3O/c1-4-19-12-8-16-14(6-10(12)3)21-15-7-11(18)13(20-5-2)9-17(15)22-16/h6-9,20H,4-5H2,1-3H3/p+1. The lowest BCUT2D eigenvalue weighted by atomic mass is 10.1. The quantitative estimate of drug-likeness (QED) is 0.725. The van der Waals surface area contributed by atoms with E-state index in [0.29, 0.717) is 29.1 Å². The summed E-state index contributed by atoms with van der Waals surface area (Å²) in [7, 11) is 0. The molecule has 2 aliphatic rings. The molecule has 22 heavy (non-hydrogen) atoms. The first-order chi connectivity index (χ1) is 10.6. The second kappa shape index (κ2) is 5.75. The molecule has 0 atom stereocenters. The normalized spacial score (nSPS) is 12.3. The van der Waals surface area contributed by atoms with Gasteiger partial charge in [0.15, 0.2) is 11.3 Å². The summed E-state index contributed by atoms with van der Waals surface area (Å²) in [6.07, 6.45) is 0. The van der Waals surface area contributed by atoms with Gasteiger partial charge >= 0.3 is 0 Å². The van der Waals surface area contributed by atoms with Crippen LogP contribution in [0.25, 0.3) is 22.6 Å². The van der Waals surface area contributed by atoms with Gasteiger partial charge in [-0.3, -0.25) is 0 Å². The Balaban J connectivity index is 2.28. The monoisotopic (exact) mass is 300 g/mol. The first-order valence-corrected chi connectivity index (χ1v) is 7.48. The van der Waals surface area contributed by atoms with Gasteiger partial charge in [0, 0.05) is 24.2 Å². The van der Waals surface area contributed by atoms with Crippen molar-refractivity contribution >= 4 is 16.8 Å². The first-order valence-electron chi connectivity index (χ1n) is 7.48. The topological polar surface area (TPSA) is 52.0 Å². The van der Waals surface area contributed by atoms with Crippen molar-refractivity contribution in [3.05, 3.63) is 41.0 Å². The van der Waals surface area contributed by atoms with E-state index >= 15 is 0 Å². The van der Waals surface area contributed by atoms with Gasteiger partial charge in [0.25, 0.3) is 0 Å². The van der Waals surface area contributed by atoms with E-state index in [1.165, 1.54) is 6.07 Å². The minimum Gasteiger partial charge on any atom is -0.452 e. The lowest BCUT2D eigenvalue weighted by Crippen LogP contribution is -2.76. The van der Waals surface area contributed by atoms with Gasteiger partial charge in [-0.15, -0.1) is 0 Å². The molecule has 5 heteroatoms. The third kappa shape index (κ3) is 2.54. The Morgan fingerprint density at radius 2 is 2.05 bits per heavy atom. The first kappa shape index (κ1) is 14.5. The van der Waals surface area contributed by atoms with Gasteiger partial charge in [-0.1, -0.05) is 0 Å². The van der Waals surface area contributed by atoms with E-state index in [4.69, 9.17) is 4.42 Å². The van der Waals surface area contributed by atoms with Gasteiger partial charge in [-0.2, -0.15) is 0 Å². The molecule has 0 fully saturated rings. The molecule has 0 saturated carbocycles. The summed E-state index contributed by atoms with van der Waals surface area (Å²) in [6.45, 7) is 7.46. The number of fused-ring (bicyclic) bond motifs is 2. The Kier molecular flexibility index (Phi) is 3.79. The molecule has 1 heterocycles. The maximum Gasteiger partial charge on any atom is 0.205 e. The van der Waals surface area contributed by atoms with Crippen molar-refractivity contribution in [1.29, 1.82) is 0 Å². The van der Waals surface area contributed by atoms with Crippen molar-refractivity contribution in [2.75, 3.05) is 18.4 Å². The molecule has 114 valence electrons. The van der Waals surface area contributed by atoms with Gasteiger partial charge in [-0.25, -0.2) is 14.4 Å². The molecule has 1 aliphatic heterocycles. The van der Waals surface area contributed by atoms with Crippen LogP contribution in [0.15, 0.2) is 28.7 Å². The Labute approximate surface area is 128 Å². The highest BCUT2D eigenvalue weighted by atomic mass is 19.1. The zero-order valence-corrected chi connectivity index (χ0v) is 13.0. The van der Waals surface area contributed by atoms with Crippen LogP contribution in [-0.4, -0.2) is 18.1 Å². The number of rotatable bonds is 3. The molecule has 2 N–H and O–H groups in total. The van der Waals surface area contributed by atoms with Crippen molar-refractivity contribution in [3.8, 4) is 11.5 Å². The second-order valence-electron chi connectivity index (χ2n) is 5.21. The number of anilines is 1. The van der Waals surface area contributed by atoms with E-state index < -0.39 is 0 Å². The number of benzene rings is 2. The van der Waals surface area contributed by atoms with E-state index in [9.17, 15) is 4.39 Å². The summed E-state index contributed by atoms with van der Waals surface area (Å²) in [4.78, 5) is 7.81. The van der Waals surface area contributed by atoms with Crippen LogP contribution in [0, 0.1) is 12.7 Å². The maximum absolute atomic E-state index is 14.0. The van der Waals surface area contributed by atoms with Crippen LogP contribution in [-0.2, 0) is 0 Å². The summed E-state index contributed by atoms with van der Waals surface area (Å²) in [5.41, 5.74) is 3.32. The Morgan fingerprint density at radius 1 is 1.23 bits per heavy atom. The molecule has 0 aromatic heterocycles. The summed E-state index contributed by atoms with van der Waals surface area (Å²) in [5, 5.41) is 4.00. The molecule has 1 aliphatic carbocycles. The molecule has 3 rings (SSSR count). The van der Waals surface area contributed by atoms with Crippen LogP contribution in [0.2, 0.25) is 0 Å². The van der Waals surface area contributed by atoms with Crippen LogP contribution in [0.1, 0.15) is 19.4 Å².